The molecule has 1 aliphatic rings. The first-order chi connectivity index (χ1) is 8.82. The normalized spacial score (nSPS) is 20.3. The fourth-order valence-corrected chi connectivity index (χ4v) is 3.24. The molecule has 1 amide bonds. The van der Waals surface area contributed by atoms with E-state index in [1.807, 2.05) is 11.9 Å². The molecule has 0 aromatic carbocycles. The highest BCUT2D eigenvalue weighted by molar-refractivity contribution is 5.83. The van der Waals surface area contributed by atoms with Crippen LogP contribution in [-0.2, 0) is 4.79 Å². The fraction of sp³-hybridized carbons (Fsp3) is 0.938. The number of carbonyl (C=O) groups is 1. The van der Waals surface area contributed by atoms with E-state index < -0.39 is 0 Å². The van der Waals surface area contributed by atoms with E-state index in [1.54, 1.807) is 0 Å². The van der Waals surface area contributed by atoms with Crippen LogP contribution in [0.3, 0.4) is 0 Å². The van der Waals surface area contributed by atoms with Gasteiger partial charge in [-0.05, 0) is 43.9 Å². The van der Waals surface area contributed by atoms with Gasteiger partial charge in [0.1, 0.15) is 0 Å². The van der Waals surface area contributed by atoms with Crippen LogP contribution in [0, 0.1) is 10.8 Å². The Balaban J connectivity index is 2.72. The molecule has 3 heteroatoms. The third-order valence-electron chi connectivity index (χ3n) is 5.37. The molecule has 0 aromatic rings. The molecular formula is C16H32N2O. The zero-order valence-electron chi connectivity index (χ0n) is 13.5. The molecule has 0 heterocycles. The van der Waals surface area contributed by atoms with Gasteiger partial charge in [-0.15, -0.1) is 0 Å². The summed E-state index contributed by atoms with van der Waals surface area (Å²) in [6.45, 7) is 9.26. The average molecular weight is 268 g/mol. The van der Waals surface area contributed by atoms with Crippen LogP contribution in [0.5, 0.6) is 0 Å². The molecule has 112 valence electrons. The van der Waals surface area contributed by atoms with Gasteiger partial charge < -0.3 is 10.6 Å². The monoisotopic (exact) mass is 268 g/mol. The van der Waals surface area contributed by atoms with Gasteiger partial charge in [0.05, 0.1) is 5.41 Å². The van der Waals surface area contributed by atoms with E-state index in [9.17, 15) is 4.79 Å². The summed E-state index contributed by atoms with van der Waals surface area (Å²) in [5, 5.41) is 0. The number of hydrogen-bond donors (Lipinski definition) is 1. The predicted octanol–water partition coefficient (Wildman–Crippen LogP) is 3.18. The average Bonchev–Trinajstić information content (AvgIpc) is 2.40. The van der Waals surface area contributed by atoms with Crippen molar-refractivity contribution in [2.24, 2.45) is 16.6 Å². The number of hydrogen-bond acceptors (Lipinski definition) is 2. The van der Waals surface area contributed by atoms with Crippen LogP contribution in [-0.4, -0.2) is 30.4 Å². The molecule has 0 saturated heterocycles. The molecule has 19 heavy (non-hydrogen) atoms. The van der Waals surface area contributed by atoms with Gasteiger partial charge in [0.2, 0.25) is 5.91 Å². The topological polar surface area (TPSA) is 46.3 Å². The summed E-state index contributed by atoms with van der Waals surface area (Å²) in [6.07, 6.45) is 6.35. The first kappa shape index (κ1) is 16.5. The van der Waals surface area contributed by atoms with Gasteiger partial charge in [0.25, 0.3) is 0 Å². The third kappa shape index (κ3) is 3.50. The highest BCUT2D eigenvalue weighted by Crippen LogP contribution is 2.38. The van der Waals surface area contributed by atoms with Crippen molar-refractivity contribution in [3.8, 4) is 0 Å². The molecule has 0 bridgehead atoms. The van der Waals surface area contributed by atoms with Crippen molar-refractivity contribution in [2.45, 2.75) is 72.3 Å². The molecule has 1 rings (SSSR count). The Bertz CT molecular complexity index is 290. The van der Waals surface area contributed by atoms with E-state index in [1.165, 1.54) is 12.8 Å². The van der Waals surface area contributed by atoms with Gasteiger partial charge in [-0.2, -0.15) is 0 Å². The van der Waals surface area contributed by atoms with Crippen molar-refractivity contribution in [1.82, 2.24) is 4.90 Å². The lowest BCUT2D eigenvalue weighted by Gasteiger charge is -2.42. The summed E-state index contributed by atoms with van der Waals surface area (Å²) in [6, 6.07) is 0.407. The maximum Gasteiger partial charge on any atom is 0.230 e. The Morgan fingerprint density at radius 1 is 1.26 bits per heavy atom. The van der Waals surface area contributed by atoms with E-state index in [2.05, 4.69) is 27.7 Å². The number of amides is 1. The minimum absolute atomic E-state index is 0.254. The Labute approximate surface area is 118 Å². The lowest BCUT2D eigenvalue weighted by atomic mass is 9.74. The molecule has 2 N–H and O–H groups in total. The quantitative estimate of drug-likeness (QED) is 0.832. The number of nitrogens with two attached hydrogens (primary N) is 1. The lowest BCUT2D eigenvalue weighted by molar-refractivity contribution is -0.144. The Hall–Kier alpha value is -0.570. The molecule has 0 aromatic heterocycles. The van der Waals surface area contributed by atoms with Crippen molar-refractivity contribution >= 4 is 5.91 Å². The van der Waals surface area contributed by atoms with Gasteiger partial charge in [0.15, 0.2) is 0 Å². The van der Waals surface area contributed by atoms with Crippen molar-refractivity contribution < 1.29 is 4.79 Å². The van der Waals surface area contributed by atoms with Gasteiger partial charge >= 0.3 is 0 Å². The molecule has 0 aliphatic heterocycles. The first-order valence-corrected chi connectivity index (χ1v) is 7.79. The van der Waals surface area contributed by atoms with Crippen LogP contribution < -0.4 is 5.73 Å². The largest absolute Gasteiger partial charge is 0.342 e. The molecule has 1 fully saturated rings. The molecular weight excluding hydrogens is 236 g/mol. The lowest BCUT2D eigenvalue weighted by Crippen LogP contribution is -2.50. The number of nitrogens with zero attached hydrogens (tertiary/aromatic N) is 1. The Morgan fingerprint density at radius 3 is 2.11 bits per heavy atom. The summed E-state index contributed by atoms with van der Waals surface area (Å²) in [5.41, 5.74) is 5.99. The highest BCUT2D eigenvalue weighted by atomic mass is 16.2. The number of rotatable bonds is 5. The van der Waals surface area contributed by atoms with Gasteiger partial charge in [-0.25, -0.2) is 0 Å². The van der Waals surface area contributed by atoms with E-state index in [0.717, 1.165) is 25.7 Å². The van der Waals surface area contributed by atoms with Gasteiger partial charge in [0, 0.05) is 19.6 Å². The van der Waals surface area contributed by atoms with Crippen molar-refractivity contribution in [3.63, 3.8) is 0 Å². The molecule has 3 nitrogen and oxygen atoms in total. The summed E-state index contributed by atoms with van der Waals surface area (Å²) < 4.78 is 0. The summed E-state index contributed by atoms with van der Waals surface area (Å²) >= 11 is 0. The molecule has 0 unspecified atom stereocenters. The Morgan fingerprint density at radius 2 is 1.74 bits per heavy atom. The van der Waals surface area contributed by atoms with Crippen molar-refractivity contribution in [2.75, 3.05) is 13.6 Å². The second-order valence-electron chi connectivity index (χ2n) is 7.00. The second-order valence-corrected chi connectivity index (χ2v) is 7.00. The maximum absolute atomic E-state index is 12.8. The molecule has 0 radical (unpaired) electrons. The molecule has 1 saturated carbocycles. The molecule has 0 spiro atoms. The highest BCUT2D eigenvalue weighted by Gasteiger charge is 2.39. The van der Waals surface area contributed by atoms with E-state index >= 15 is 0 Å². The zero-order chi connectivity index (χ0) is 14.7. The van der Waals surface area contributed by atoms with Gasteiger partial charge in [-0.3, -0.25) is 4.79 Å². The third-order valence-corrected chi connectivity index (χ3v) is 5.37. The maximum atomic E-state index is 12.8. The van der Waals surface area contributed by atoms with E-state index in [0.29, 0.717) is 18.0 Å². The second kappa shape index (κ2) is 6.25. The van der Waals surface area contributed by atoms with Crippen LogP contribution in [0.4, 0.5) is 0 Å². The van der Waals surface area contributed by atoms with Crippen molar-refractivity contribution in [3.05, 3.63) is 0 Å². The minimum Gasteiger partial charge on any atom is -0.342 e. The Kier molecular flexibility index (Phi) is 5.43. The summed E-state index contributed by atoms with van der Waals surface area (Å²) in [5.74, 6) is 0.254. The predicted molar refractivity (Wildman–Crippen MR) is 80.9 cm³/mol. The SMILES string of the molecule is CCC(CC)(CN)C(=O)N(C)C1CCC(C)(C)CC1. The number of carbonyl (C=O) groups excluding carboxylic acids is 1. The summed E-state index contributed by atoms with van der Waals surface area (Å²) in [4.78, 5) is 14.8. The van der Waals surface area contributed by atoms with E-state index in [-0.39, 0.29) is 11.3 Å². The van der Waals surface area contributed by atoms with Crippen LogP contribution >= 0.6 is 0 Å². The molecule has 0 atom stereocenters. The van der Waals surface area contributed by atoms with Crippen LogP contribution in [0.2, 0.25) is 0 Å². The smallest absolute Gasteiger partial charge is 0.230 e. The zero-order valence-corrected chi connectivity index (χ0v) is 13.5. The summed E-state index contributed by atoms with van der Waals surface area (Å²) in [7, 11) is 1.97. The molecule has 1 aliphatic carbocycles. The van der Waals surface area contributed by atoms with Crippen LogP contribution in [0.15, 0.2) is 0 Å². The van der Waals surface area contributed by atoms with Crippen LogP contribution in [0.25, 0.3) is 0 Å². The van der Waals surface area contributed by atoms with Crippen LogP contribution in [0.1, 0.15) is 66.2 Å². The first-order valence-electron chi connectivity index (χ1n) is 7.79. The standard InChI is InChI=1S/C16H32N2O/c1-6-16(7-2,12-17)14(19)18(5)13-8-10-15(3,4)11-9-13/h13H,6-12,17H2,1-5H3. The fourth-order valence-electron chi connectivity index (χ4n) is 3.24. The van der Waals surface area contributed by atoms with E-state index in [4.69, 9.17) is 5.73 Å². The van der Waals surface area contributed by atoms with Crippen molar-refractivity contribution in [1.29, 1.82) is 0 Å². The van der Waals surface area contributed by atoms with Gasteiger partial charge in [-0.1, -0.05) is 27.7 Å². The minimum atomic E-state index is -0.346.